The molecule has 1 aromatic heterocycles. The third kappa shape index (κ3) is 5.08. The summed E-state index contributed by atoms with van der Waals surface area (Å²) in [5.41, 5.74) is -0.661. The molecule has 0 unspecified atom stereocenters. The van der Waals surface area contributed by atoms with Crippen LogP contribution in [0.5, 0.6) is 0 Å². The first-order valence-corrected chi connectivity index (χ1v) is 8.19. The van der Waals surface area contributed by atoms with E-state index in [1.807, 2.05) is 17.5 Å². The topological polar surface area (TPSA) is 15.3 Å². The lowest BCUT2D eigenvalue weighted by molar-refractivity contribution is -0.140. The fourth-order valence-corrected chi connectivity index (χ4v) is 3.76. The summed E-state index contributed by atoms with van der Waals surface area (Å²) < 4.78 is 52.2. The van der Waals surface area contributed by atoms with E-state index in [2.05, 4.69) is 10.2 Å². The highest BCUT2D eigenvalue weighted by molar-refractivity contribution is 7.10. The molecule has 1 aliphatic heterocycles. The summed E-state index contributed by atoms with van der Waals surface area (Å²) in [7, 11) is 0. The van der Waals surface area contributed by atoms with E-state index in [0.717, 1.165) is 43.2 Å². The van der Waals surface area contributed by atoms with Gasteiger partial charge in [-0.2, -0.15) is 13.2 Å². The van der Waals surface area contributed by atoms with Crippen LogP contribution in [0.25, 0.3) is 0 Å². The highest BCUT2D eigenvalue weighted by Gasteiger charge is 2.35. The van der Waals surface area contributed by atoms with Gasteiger partial charge >= 0.3 is 6.18 Å². The Balaban J connectivity index is 0.00000156. The number of alkyl halides is 3. The first-order chi connectivity index (χ1) is 11.0. The molecule has 1 aliphatic rings. The van der Waals surface area contributed by atoms with Crippen molar-refractivity contribution in [3.05, 3.63) is 57.5 Å². The largest absolute Gasteiger partial charge is 0.419 e. The summed E-state index contributed by atoms with van der Waals surface area (Å²) in [6.45, 7) is 3.16. The lowest BCUT2D eigenvalue weighted by Crippen LogP contribution is -2.45. The molecule has 0 aliphatic carbocycles. The van der Waals surface area contributed by atoms with Crippen LogP contribution in [0, 0.1) is 5.82 Å². The fraction of sp³-hybridized carbons (Fsp3) is 0.375. The smallest absolute Gasteiger partial charge is 0.314 e. The molecule has 9 heteroatoms. The number of halogens is 6. The zero-order valence-corrected chi connectivity index (χ0v) is 15.5. The predicted octanol–water partition coefficient (Wildman–Crippen LogP) is 4.74. The second-order valence-electron chi connectivity index (χ2n) is 5.44. The Hall–Kier alpha value is -0.860. The number of nitrogens with one attached hydrogen (secondary N) is 1. The molecule has 1 atom stereocenters. The molecule has 0 radical (unpaired) electrons. The van der Waals surface area contributed by atoms with E-state index in [1.165, 1.54) is 17.4 Å². The lowest BCUT2D eigenvalue weighted by atomic mass is 10.0. The van der Waals surface area contributed by atoms with Crippen LogP contribution in [-0.4, -0.2) is 31.1 Å². The Labute approximate surface area is 160 Å². The van der Waals surface area contributed by atoms with Gasteiger partial charge in [0, 0.05) is 31.1 Å². The molecule has 2 nitrogen and oxygen atoms in total. The van der Waals surface area contributed by atoms with Crippen LogP contribution >= 0.6 is 36.2 Å². The number of piperazine rings is 1. The van der Waals surface area contributed by atoms with E-state index in [9.17, 15) is 17.6 Å². The highest BCUT2D eigenvalue weighted by Crippen LogP contribution is 2.36. The third-order valence-electron chi connectivity index (χ3n) is 3.94. The number of hydrogen-bond acceptors (Lipinski definition) is 3. The van der Waals surface area contributed by atoms with Gasteiger partial charge in [0.05, 0.1) is 11.6 Å². The SMILES string of the molecule is Cl.Cl.Fc1cc([C@@H](c2cccs2)N2CCNCC2)ccc1C(F)(F)F. The molecule has 25 heavy (non-hydrogen) atoms. The molecule has 2 heterocycles. The molecule has 1 aromatic carbocycles. The summed E-state index contributed by atoms with van der Waals surface area (Å²) in [6.07, 6.45) is -4.67. The van der Waals surface area contributed by atoms with Crippen molar-refractivity contribution in [1.82, 2.24) is 10.2 Å². The van der Waals surface area contributed by atoms with Crippen LogP contribution in [0.3, 0.4) is 0 Å². The standard InChI is InChI=1S/C16H16F4N2S.2ClH/c17-13-10-11(3-4-12(13)16(18,19)20)15(14-2-1-9-23-14)22-7-5-21-6-8-22;;/h1-4,9-10,15,21H,5-8H2;2*1H/t15-;;/m0../s1. The highest BCUT2D eigenvalue weighted by atomic mass is 35.5. The van der Waals surface area contributed by atoms with Crippen LogP contribution in [0.15, 0.2) is 35.7 Å². The van der Waals surface area contributed by atoms with Crippen molar-refractivity contribution >= 4 is 36.2 Å². The second-order valence-corrected chi connectivity index (χ2v) is 6.42. The van der Waals surface area contributed by atoms with Gasteiger partial charge in [0.25, 0.3) is 0 Å². The summed E-state index contributed by atoms with van der Waals surface area (Å²) in [6, 6.07) is 6.87. The monoisotopic (exact) mass is 416 g/mol. The van der Waals surface area contributed by atoms with Gasteiger partial charge in [0.15, 0.2) is 0 Å². The Bertz CT molecular complexity index is 659. The molecule has 1 fully saturated rings. The van der Waals surface area contributed by atoms with Crippen molar-refractivity contribution in [3.8, 4) is 0 Å². The maximum atomic E-state index is 14.0. The van der Waals surface area contributed by atoms with Crippen molar-refractivity contribution in [2.75, 3.05) is 26.2 Å². The predicted molar refractivity (Wildman–Crippen MR) is 96.5 cm³/mol. The molecular weight excluding hydrogens is 399 g/mol. The summed E-state index contributed by atoms with van der Waals surface area (Å²) in [5, 5.41) is 5.17. The van der Waals surface area contributed by atoms with E-state index >= 15 is 0 Å². The Kier molecular flexibility index (Phi) is 8.15. The molecular formula is C16H18Cl2F4N2S. The van der Waals surface area contributed by atoms with Gasteiger partial charge in [0.2, 0.25) is 0 Å². The molecule has 1 N–H and O–H groups in total. The van der Waals surface area contributed by atoms with Crippen molar-refractivity contribution in [2.45, 2.75) is 12.2 Å². The first-order valence-electron chi connectivity index (χ1n) is 7.31. The molecule has 140 valence electrons. The third-order valence-corrected chi connectivity index (χ3v) is 4.87. The van der Waals surface area contributed by atoms with Gasteiger partial charge in [-0.15, -0.1) is 36.2 Å². The molecule has 0 saturated carbocycles. The van der Waals surface area contributed by atoms with Crippen LogP contribution in [0.1, 0.15) is 22.0 Å². The van der Waals surface area contributed by atoms with Gasteiger partial charge in [-0.25, -0.2) is 4.39 Å². The van der Waals surface area contributed by atoms with Crippen LogP contribution in [-0.2, 0) is 6.18 Å². The fourth-order valence-electron chi connectivity index (χ4n) is 2.87. The number of hydrogen-bond donors (Lipinski definition) is 1. The van der Waals surface area contributed by atoms with Gasteiger partial charge < -0.3 is 5.32 Å². The van der Waals surface area contributed by atoms with Gasteiger partial charge in [-0.1, -0.05) is 12.1 Å². The first kappa shape index (κ1) is 22.2. The summed E-state index contributed by atoms with van der Waals surface area (Å²) in [5.74, 6) is -1.22. The Morgan fingerprint density at radius 1 is 1.08 bits per heavy atom. The van der Waals surface area contributed by atoms with E-state index < -0.39 is 17.6 Å². The molecule has 3 rings (SSSR count). The minimum absolute atomic E-state index is 0. The maximum Gasteiger partial charge on any atom is 0.419 e. The van der Waals surface area contributed by atoms with Crippen LogP contribution in [0.2, 0.25) is 0 Å². The quantitative estimate of drug-likeness (QED) is 0.726. The van der Waals surface area contributed by atoms with Gasteiger partial charge in [-0.05, 0) is 29.1 Å². The number of thiophene rings is 1. The zero-order chi connectivity index (χ0) is 16.4. The van der Waals surface area contributed by atoms with Crippen LogP contribution < -0.4 is 5.32 Å². The number of nitrogens with zero attached hydrogens (tertiary/aromatic N) is 1. The second kappa shape index (κ2) is 9.19. The molecule has 2 aromatic rings. The summed E-state index contributed by atoms with van der Waals surface area (Å²) >= 11 is 1.53. The molecule has 1 saturated heterocycles. The molecule has 0 amide bonds. The van der Waals surface area contributed by atoms with Crippen molar-refractivity contribution in [1.29, 1.82) is 0 Å². The average Bonchev–Trinajstić information content (AvgIpc) is 3.01. The Morgan fingerprint density at radius 2 is 1.76 bits per heavy atom. The zero-order valence-electron chi connectivity index (χ0n) is 13.1. The van der Waals surface area contributed by atoms with Crippen molar-refractivity contribution in [3.63, 3.8) is 0 Å². The maximum absolute atomic E-state index is 14.0. The lowest BCUT2D eigenvalue weighted by Gasteiger charge is -2.35. The van der Waals surface area contributed by atoms with E-state index in [0.29, 0.717) is 5.56 Å². The normalized spacial score (nSPS) is 16.6. The van der Waals surface area contributed by atoms with Crippen LogP contribution in [0.4, 0.5) is 17.6 Å². The van der Waals surface area contributed by atoms with Gasteiger partial charge in [0.1, 0.15) is 5.82 Å². The molecule has 0 spiro atoms. The summed E-state index contributed by atoms with van der Waals surface area (Å²) in [4.78, 5) is 3.18. The van der Waals surface area contributed by atoms with Crippen molar-refractivity contribution in [2.24, 2.45) is 0 Å². The Morgan fingerprint density at radius 3 is 2.28 bits per heavy atom. The minimum atomic E-state index is -4.67. The molecule has 0 bridgehead atoms. The minimum Gasteiger partial charge on any atom is -0.314 e. The van der Waals surface area contributed by atoms with Gasteiger partial charge in [-0.3, -0.25) is 4.90 Å². The van der Waals surface area contributed by atoms with E-state index in [-0.39, 0.29) is 30.9 Å². The number of benzene rings is 1. The number of rotatable bonds is 3. The van der Waals surface area contributed by atoms with E-state index in [4.69, 9.17) is 0 Å². The average molecular weight is 417 g/mol. The van der Waals surface area contributed by atoms with E-state index in [1.54, 1.807) is 0 Å². The van der Waals surface area contributed by atoms with Crippen molar-refractivity contribution < 1.29 is 17.6 Å².